The van der Waals surface area contributed by atoms with Crippen LogP contribution in [0.5, 0.6) is 5.75 Å². The number of aromatic nitrogens is 3. The monoisotopic (exact) mass is 416 g/mol. The Bertz CT molecular complexity index is 804. The largest absolute Gasteiger partial charge is 0.494 e. The smallest absolute Gasteiger partial charge is 0.414 e. The van der Waals surface area contributed by atoms with Crippen molar-refractivity contribution >= 4 is 18.0 Å². The van der Waals surface area contributed by atoms with Gasteiger partial charge in [0, 0.05) is 20.1 Å². The summed E-state index contributed by atoms with van der Waals surface area (Å²) in [5.41, 5.74) is 1.30. The van der Waals surface area contributed by atoms with Gasteiger partial charge < -0.3 is 14.8 Å². The molecule has 0 saturated carbocycles. The number of carbonyl (C=O) groups is 1. The van der Waals surface area contributed by atoms with Crippen molar-refractivity contribution in [3.8, 4) is 5.75 Å². The molecule has 9 heteroatoms. The summed E-state index contributed by atoms with van der Waals surface area (Å²) in [7, 11) is 1.76. The van der Waals surface area contributed by atoms with E-state index in [2.05, 4.69) is 43.8 Å². The van der Waals surface area contributed by atoms with E-state index in [-0.39, 0.29) is 5.95 Å². The minimum atomic E-state index is -0.564. The second-order valence-electron chi connectivity index (χ2n) is 7.34. The first-order valence-electron chi connectivity index (χ1n) is 10.7. The molecule has 9 nitrogen and oxygen atoms in total. The average molecular weight is 417 g/mol. The van der Waals surface area contributed by atoms with E-state index in [0.29, 0.717) is 25.7 Å². The van der Waals surface area contributed by atoms with Crippen molar-refractivity contribution < 1.29 is 14.3 Å². The first-order chi connectivity index (χ1) is 14.6. The molecule has 2 aromatic rings. The maximum absolute atomic E-state index is 11.4. The Morgan fingerprint density at radius 2 is 2.07 bits per heavy atom. The van der Waals surface area contributed by atoms with Crippen LogP contribution in [0.15, 0.2) is 24.3 Å². The van der Waals surface area contributed by atoms with Crippen LogP contribution in [0.25, 0.3) is 0 Å². The predicted octanol–water partition coefficient (Wildman–Crippen LogP) is 3.25. The number of hydrogen-bond acceptors (Lipinski definition) is 7. The number of benzene rings is 1. The standard InChI is InChI=1S/C21H32N6O3/c1-3-29-21(28)24-19-23-20(26(2)25-19)22-11-8-14-30-18-10-7-9-17(15-18)16-27-12-5-4-6-13-27/h7,9-10,15H,3-6,8,11-14,16H2,1-2H3,(H2,22,23,24,25,28). The third-order valence-corrected chi connectivity index (χ3v) is 4.88. The van der Waals surface area contributed by atoms with E-state index in [9.17, 15) is 4.79 Å². The van der Waals surface area contributed by atoms with E-state index in [1.165, 1.54) is 37.9 Å². The number of rotatable bonds is 10. The van der Waals surface area contributed by atoms with Gasteiger partial charge in [-0.2, -0.15) is 4.98 Å². The number of anilines is 2. The van der Waals surface area contributed by atoms with Crippen LogP contribution in [0.2, 0.25) is 0 Å². The summed E-state index contributed by atoms with van der Waals surface area (Å²) in [6.45, 7) is 6.69. The van der Waals surface area contributed by atoms with Crippen molar-refractivity contribution in [1.29, 1.82) is 0 Å². The fourth-order valence-electron chi connectivity index (χ4n) is 3.42. The number of nitrogens with zero attached hydrogens (tertiary/aromatic N) is 4. The number of ether oxygens (including phenoxy) is 2. The summed E-state index contributed by atoms with van der Waals surface area (Å²) >= 11 is 0. The minimum Gasteiger partial charge on any atom is -0.494 e. The zero-order valence-electron chi connectivity index (χ0n) is 17.9. The van der Waals surface area contributed by atoms with E-state index in [1.54, 1.807) is 18.7 Å². The van der Waals surface area contributed by atoms with Gasteiger partial charge >= 0.3 is 6.09 Å². The highest BCUT2D eigenvalue weighted by molar-refractivity contribution is 5.82. The number of carbonyl (C=O) groups excluding carboxylic acids is 1. The maximum atomic E-state index is 11.4. The lowest BCUT2D eigenvalue weighted by molar-refractivity contribution is 0.167. The number of hydrogen-bond donors (Lipinski definition) is 2. The number of likely N-dealkylation sites (tertiary alicyclic amines) is 1. The average Bonchev–Trinajstić information content (AvgIpc) is 3.08. The van der Waals surface area contributed by atoms with Gasteiger partial charge in [0.25, 0.3) is 5.95 Å². The Labute approximate surface area is 177 Å². The van der Waals surface area contributed by atoms with Crippen LogP contribution in [-0.2, 0) is 18.3 Å². The zero-order valence-corrected chi connectivity index (χ0v) is 17.9. The zero-order chi connectivity index (χ0) is 21.2. The van der Waals surface area contributed by atoms with Crippen LogP contribution in [-0.4, -0.2) is 58.6 Å². The second-order valence-corrected chi connectivity index (χ2v) is 7.34. The Balaban J connectivity index is 1.37. The molecule has 1 saturated heterocycles. The van der Waals surface area contributed by atoms with Crippen LogP contribution in [0.3, 0.4) is 0 Å². The first-order valence-corrected chi connectivity index (χ1v) is 10.7. The van der Waals surface area contributed by atoms with Gasteiger partial charge in [0.05, 0.1) is 13.2 Å². The molecule has 0 spiro atoms. The molecule has 0 atom stereocenters. The molecule has 1 aromatic carbocycles. The Morgan fingerprint density at radius 1 is 1.23 bits per heavy atom. The molecule has 0 aliphatic carbocycles. The summed E-state index contributed by atoms with van der Waals surface area (Å²) in [6.07, 6.45) is 4.20. The van der Waals surface area contributed by atoms with Gasteiger partial charge in [0.15, 0.2) is 0 Å². The third kappa shape index (κ3) is 6.91. The quantitative estimate of drug-likeness (QED) is 0.574. The molecule has 1 aliphatic rings. The molecule has 1 aromatic heterocycles. The summed E-state index contributed by atoms with van der Waals surface area (Å²) in [6, 6.07) is 8.37. The van der Waals surface area contributed by atoms with E-state index < -0.39 is 6.09 Å². The van der Waals surface area contributed by atoms with E-state index in [4.69, 9.17) is 9.47 Å². The molecule has 3 rings (SSSR count). The number of amides is 1. The molecular formula is C21H32N6O3. The summed E-state index contributed by atoms with van der Waals surface area (Å²) in [4.78, 5) is 18.2. The topological polar surface area (TPSA) is 93.5 Å². The molecule has 0 bridgehead atoms. The number of piperidine rings is 1. The Hall–Kier alpha value is -2.81. The number of nitrogens with one attached hydrogen (secondary N) is 2. The van der Waals surface area contributed by atoms with Crippen molar-refractivity contribution in [3.05, 3.63) is 29.8 Å². The van der Waals surface area contributed by atoms with Crippen LogP contribution in [0, 0.1) is 0 Å². The van der Waals surface area contributed by atoms with Crippen LogP contribution in [0.4, 0.5) is 16.7 Å². The maximum Gasteiger partial charge on any atom is 0.414 e. The molecule has 30 heavy (non-hydrogen) atoms. The highest BCUT2D eigenvalue weighted by Gasteiger charge is 2.11. The molecule has 2 N–H and O–H groups in total. The van der Waals surface area contributed by atoms with Gasteiger partial charge in [0.1, 0.15) is 5.75 Å². The fourth-order valence-corrected chi connectivity index (χ4v) is 3.42. The lowest BCUT2D eigenvalue weighted by Crippen LogP contribution is -2.29. The van der Waals surface area contributed by atoms with E-state index in [0.717, 1.165) is 18.7 Å². The molecular weight excluding hydrogens is 384 g/mol. The molecule has 0 unspecified atom stereocenters. The SMILES string of the molecule is CCOC(=O)Nc1nc(NCCCOc2cccc(CN3CCCCC3)c2)n(C)n1. The van der Waals surface area contributed by atoms with Gasteiger partial charge in [-0.25, -0.2) is 9.48 Å². The molecule has 164 valence electrons. The van der Waals surface area contributed by atoms with Crippen LogP contribution < -0.4 is 15.4 Å². The van der Waals surface area contributed by atoms with Crippen molar-refractivity contribution in [3.63, 3.8) is 0 Å². The van der Waals surface area contributed by atoms with Crippen molar-refractivity contribution in [2.24, 2.45) is 7.05 Å². The predicted molar refractivity (Wildman–Crippen MR) is 116 cm³/mol. The second kappa shape index (κ2) is 11.4. The Kier molecular flexibility index (Phi) is 8.31. The van der Waals surface area contributed by atoms with Gasteiger partial charge in [0.2, 0.25) is 5.95 Å². The van der Waals surface area contributed by atoms with Gasteiger partial charge in [-0.1, -0.05) is 18.6 Å². The lowest BCUT2D eigenvalue weighted by atomic mass is 10.1. The fraction of sp³-hybridized carbons (Fsp3) is 0.571. The van der Waals surface area contributed by atoms with Crippen molar-refractivity contribution in [1.82, 2.24) is 19.7 Å². The lowest BCUT2D eigenvalue weighted by Gasteiger charge is -2.26. The van der Waals surface area contributed by atoms with Crippen LogP contribution in [0.1, 0.15) is 38.2 Å². The van der Waals surface area contributed by atoms with Crippen molar-refractivity contribution in [2.45, 2.75) is 39.2 Å². The summed E-state index contributed by atoms with van der Waals surface area (Å²) in [5.74, 6) is 1.69. The molecule has 1 fully saturated rings. The first kappa shape index (κ1) is 21.9. The van der Waals surface area contributed by atoms with Gasteiger partial charge in [-0.15, -0.1) is 5.10 Å². The summed E-state index contributed by atoms with van der Waals surface area (Å²) < 4.78 is 12.3. The van der Waals surface area contributed by atoms with Crippen LogP contribution >= 0.6 is 0 Å². The summed E-state index contributed by atoms with van der Waals surface area (Å²) in [5, 5.41) is 9.82. The molecule has 1 aliphatic heterocycles. The third-order valence-electron chi connectivity index (χ3n) is 4.88. The normalized spacial score (nSPS) is 14.3. The van der Waals surface area contributed by atoms with Gasteiger partial charge in [-0.05, 0) is 57.0 Å². The highest BCUT2D eigenvalue weighted by atomic mass is 16.5. The Morgan fingerprint density at radius 3 is 2.87 bits per heavy atom. The molecule has 0 radical (unpaired) electrons. The minimum absolute atomic E-state index is 0.209. The van der Waals surface area contributed by atoms with Crippen molar-refractivity contribution in [2.75, 3.05) is 43.5 Å². The highest BCUT2D eigenvalue weighted by Crippen LogP contribution is 2.18. The number of aryl methyl sites for hydroxylation is 1. The molecule has 1 amide bonds. The van der Waals surface area contributed by atoms with E-state index in [1.807, 2.05) is 6.07 Å². The van der Waals surface area contributed by atoms with Gasteiger partial charge in [-0.3, -0.25) is 10.2 Å². The molecule has 2 heterocycles. The van der Waals surface area contributed by atoms with E-state index >= 15 is 0 Å².